The summed E-state index contributed by atoms with van der Waals surface area (Å²) in [6, 6.07) is 9.84. The largest absolute Gasteiger partial charge is 0.354 e. The maximum Gasteiger partial charge on any atom is 0.224 e. The third-order valence-corrected chi connectivity index (χ3v) is 4.49. The Labute approximate surface area is 111 Å². The van der Waals surface area contributed by atoms with Crippen molar-refractivity contribution < 1.29 is 4.79 Å². The van der Waals surface area contributed by atoms with Gasteiger partial charge >= 0.3 is 0 Å². The van der Waals surface area contributed by atoms with Crippen LogP contribution in [0, 0.1) is 5.92 Å². The minimum Gasteiger partial charge on any atom is -0.354 e. The van der Waals surface area contributed by atoms with Gasteiger partial charge in [-0.15, -0.1) is 11.6 Å². The predicted molar refractivity (Wildman–Crippen MR) is 73.5 cm³/mol. The van der Waals surface area contributed by atoms with Crippen molar-refractivity contribution in [1.29, 1.82) is 0 Å². The number of halogens is 1. The van der Waals surface area contributed by atoms with Crippen LogP contribution in [0.4, 0.5) is 0 Å². The van der Waals surface area contributed by atoms with E-state index in [-0.39, 0.29) is 17.2 Å². The molecule has 92 valence electrons. The van der Waals surface area contributed by atoms with Gasteiger partial charge in [-0.1, -0.05) is 30.3 Å². The second-order valence-corrected chi connectivity index (χ2v) is 5.86. The van der Waals surface area contributed by atoms with Gasteiger partial charge in [-0.3, -0.25) is 4.79 Å². The van der Waals surface area contributed by atoms with E-state index >= 15 is 0 Å². The molecule has 1 amide bonds. The van der Waals surface area contributed by atoms with E-state index in [1.165, 1.54) is 0 Å². The summed E-state index contributed by atoms with van der Waals surface area (Å²) >= 11 is 8.08. The summed E-state index contributed by atoms with van der Waals surface area (Å²) in [6.45, 7) is 0.506. The van der Waals surface area contributed by atoms with Gasteiger partial charge in [0.1, 0.15) is 0 Å². The number of benzene rings is 1. The van der Waals surface area contributed by atoms with Gasteiger partial charge in [0.05, 0.1) is 5.38 Å². The van der Waals surface area contributed by atoms with Crippen LogP contribution in [-0.2, 0) is 4.79 Å². The van der Waals surface area contributed by atoms with E-state index in [9.17, 15) is 4.79 Å². The Balaban J connectivity index is 1.80. The maximum absolute atomic E-state index is 11.8. The van der Waals surface area contributed by atoms with Crippen LogP contribution >= 0.6 is 23.4 Å². The van der Waals surface area contributed by atoms with Crippen molar-refractivity contribution >= 4 is 29.3 Å². The average Bonchev–Trinajstić information content (AvgIpc) is 2.90. The van der Waals surface area contributed by atoms with Crippen molar-refractivity contribution in [3.05, 3.63) is 35.9 Å². The van der Waals surface area contributed by atoms with Gasteiger partial charge < -0.3 is 5.32 Å². The summed E-state index contributed by atoms with van der Waals surface area (Å²) in [7, 11) is 0. The standard InChI is InChI=1S/C13H16ClNOS/c14-12(10-4-2-1-3-5-10)8-15-13(16)11-6-7-17-9-11/h1-5,11-12H,6-9H2,(H,15,16). The summed E-state index contributed by atoms with van der Waals surface area (Å²) in [4.78, 5) is 11.8. The summed E-state index contributed by atoms with van der Waals surface area (Å²) in [5.74, 6) is 2.38. The molecule has 0 bridgehead atoms. The van der Waals surface area contributed by atoms with Crippen LogP contribution in [0.3, 0.4) is 0 Å². The van der Waals surface area contributed by atoms with E-state index in [0.717, 1.165) is 23.5 Å². The van der Waals surface area contributed by atoms with E-state index in [2.05, 4.69) is 5.32 Å². The Hall–Kier alpha value is -0.670. The van der Waals surface area contributed by atoms with E-state index in [1.54, 1.807) is 0 Å². The molecule has 0 saturated carbocycles. The summed E-state index contributed by atoms with van der Waals surface area (Å²) in [5, 5.41) is 2.79. The number of carbonyl (C=O) groups excluding carboxylic acids is 1. The highest BCUT2D eigenvalue weighted by Crippen LogP contribution is 2.24. The molecular weight excluding hydrogens is 254 g/mol. The average molecular weight is 270 g/mol. The number of hydrogen-bond donors (Lipinski definition) is 1. The molecule has 1 aliphatic rings. The number of rotatable bonds is 4. The third-order valence-electron chi connectivity index (χ3n) is 2.92. The highest BCUT2D eigenvalue weighted by molar-refractivity contribution is 7.99. The fourth-order valence-corrected chi connectivity index (χ4v) is 3.30. The van der Waals surface area contributed by atoms with Crippen molar-refractivity contribution in [2.24, 2.45) is 5.92 Å². The van der Waals surface area contributed by atoms with Crippen LogP contribution < -0.4 is 5.32 Å². The van der Waals surface area contributed by atoms with Crippen molar-refractivity contribution in [3.8, 4) is 0 Å². The van der Waals surface area contributed by atoms with Crippen LogP contribution in [0.25, 0.3) is 0 Å². The smallest absolute Gasteiger partial charge is 0.224 e. The molecule has 1 heterocycles. The molecule has 0 aromatic heterocycles. The lowest BCUT2D eigenvalue weighted by Gasteiger charge is -2.13. The molecule has 1 aliphatic heterocycles. The molecule has 2 atom stereocenters. The zero-order valence-corrected chi connectivity index (χ0v) is 11.1. The van der Waals surface area contributed by atoms with Crippen LogP contribution in [0.1, 0.15) is 17.4 Å². The topological polar surface area (TPSA) is 29.1 Å². The van der Waals surface area contributed by atoms with E-state index in [4.69, 9.17) is 11.6 Å². The van der Waals surface area contributed by atoms with E-state index < -0.39 is 0 Å². The zero-order chi connectivity index (χ0) is 12.1. The minimum absolute atomic E-state index is 0.144. The second kappa shape index (κ2) is 6.31. The molecule has 1 N–H and O–H groups in total. The lowest BCUT2D eigenvalue weighted by atomic mass is 10.1. The molecule has 0 spiro atoms. The van der Waals surface area contributed by atoms with E-state index in [1.807, 2.05) is 42.1 Å². The highest BCUT2D eigenvalue weighted by Gasteiger charge is 2.23. The molecule has 1 aromatic carbocycles. The monoisotopic (exact) mass is 269 g/mol. The molecule has 0 aliphatic carbocycles. The molecular formula is C13H16ClNOS. The summed E-state index contributed by atoms with van der Waals surface area (Å²) in [6.07, 6.45) is 0.995. The van der Waals surface area contributed by atoms with Crippen LogP contribution in [0.2, 0.25) is 0 Å². The Kier molecular flexibility index (Phi) is 4.75. The SMILES string of the molecule is O=C(NCC(Cl)c1ccccc1)C1CCSC1. The van der Waals surface area contributed by atoms with Crippen molar-refractivity contribution in [2.45, 2.75) is 11.8 Å². The lowest BCUT2D eigenvalue weighted by Crippen LogP contribution is -2.32. The van der Waals surface area contributed by atoms with E-state index in [0.29, 0.717) is 6.54 Å². The molecule has 2 rings (SSSR count). The molecule has 17 heavy (non-hydrogen) atoms. The quantitative estimate of drug-likeness (QED) is 0.852. The Bertz CT molecular complexity index is 365. The molecule has 2 nitrogen and oxygen atoms in total. The highest BCUT2D eigenvalue weighted by atomic mass is 35.5. The molecule has 2 unspecified atom stereocenters. The van der Waals surface area contributed by atoms with Crippen LogP contribution in [0.5, 0.6) is 0 Å². The number of hydrogen-bond acceptors (Lipinski definition) is 2. The maximum atomic E-state index is 11.8. The normalized spacial score (nSPS) is 21.1. The molecule has 4 heteroatoms. The van der Waals surface area contributed by atoms with Crippen molar-refractivity contribution in [3.63, 3.8) is 0 Å². The predicted octanol–water partition coefficient (Wildman–Crippen LogP) is 2.84. The summed E-state index contributed by atoms with van der Waals surface area (Å²) in [5.41, 5.74) is 1.05. The first-order valence-corrected chi connectivity index (χ1v) is 7.41. The van der Waals surface area contributed by atoms with Crippen molar-refractivity contribution in [2.75, 3.05) is 18.1 Å². The van der Waals surface area contributed by atoms with Gasteiger partial charge in [-0.25, -0.2) is 0 Å². The Morgan fingerprint density at radius 2 is 2.24 bits per heavy atom. The van der Waals surface area contributed by atoms with Gasteiger partial charge in [0, 0.05) is 18.2 Å². The number of alkyl halides is 1. The first-order chi connectivity index (χ1) is 8.27. The number of carbonyl (C=O) groups is 1. The Morgan fingerprint density at radius 1 is 1.47 bits per heavy atom. The van der Waals surface area contributed by atoms with Gasteiger partial charge in [0.2, 0.25) is 5.91 Å². The van der Waals surface area contributed by atoms with Gasteiger partial charge in [0.25, 0.3) is 0 Å². The first-order valence-electron chi connectivity index (χ1n) is 5.82. The molecule has 0 radical (unpaired) electrons. The van der Waals surface area contributed by atoms with Crippen LogP contribution in [0.15, 0.2) is 30.3 Å². The third kappa shape index (κ3) is 3.65. The van der Waals surface area contributed by atoms with Gasteiger partial charge in [-0.05, 0) is 17.7 Å². The first kappa shape index (κ1) is 12.8. The zero-order valence-electron chi connectivity index (χ0n) is 9.56. The van der Waals surface area contributed by atoms with Crippen molar-refractivity contribution in [1.82, 2.24) is 5.32 Å². The number of amides is 1. The van der Waals surface area contributed by atoms with Gasteiger partial charge in [-0.2, -0.15) is 11.8 Å². The minimum atomic E-state index is -0.144. The Morgan fingerprint density at radius 3 is 2.88 bits per heavy atom. The fourth-order valence-electron chi connectivity index (χ4n) is 1.86. The molecule has 1 aromatic rings. The fraction of sp³-hybridized carbons (Fsp3) is 0.462. The number of nitrogens with one attached hydrogen (secondary N) is 1. The molecule has 1 fully saturated rings. The molecule has 1 saturated heterocycles. The van der Waals surface area contributed by atoms with Crippen LogP contribution in [-0.4, -0.2) is 24.0 Å². The summed E-state index contributed by atoms with van der Waals surface area (Å²) < 4.78 is 0. The number of thioether (sulfide) groups is 1. The van der Waals surface area contributed by atoms with Gasteiger partial charge in [0.15, 0.2) is 0 Å². The second-order valence-electron chi connectivity index (χ2n) is 4.18. The lowest BCUT2D eigenvalue weighted by molar-refractivity contribution is -0.124.